The molecule has 6 heteroatoms. The van der Waals surface area contributed by atoms with Gasteiger partial charge in [0.15, 0.2) is 5.56 Å². The number of nitrogens with zero attached hydrogens (tertiary/aromatic N) is 1. The van der Waals surface area contributed by atoms with Gasteiger partial charge in [-0.05, 0) is 30.4 Å². The van der Waals surface area contributed by atoms with E-state index in [9.17, 15) is 9.90 Å². The van der Waals surface area contributed by atoms with Crippen LogP contribution in [-0.4, -0.2) is 21.8 Å². The number of fused-ring (bicyclic) bond motifs is 1. The smallest absolute Gasteiger partial charge is 0.270 e. The zero-order valence-electron chi connectivity index (χ0n) is 13.6. The Balaban J connectivity index is 1.92. The number of H-pyrrole nitrogens is 1. The molecule has 0 fully saturated rings. The van der Waals surface area contributed by atoms with E-state index in [0.717, 1.165) is 36.8 Å². The highest BCUT2D eigenvalue weighted by Gasteiger charge is 2.17. The number of aromatic nitrogens is 1. The molecule has 0 aliphatic heterocycles. The minimum absolute atomic E-state index is 0.237. The predicted molar refractivity (Wildman–Crippen MR) is 98.9 cm³/mol. The number of hydrogen-bond acceptors (Lipinski definition) is 5. The number of unbranched alkanes of at least 4 members (excludes halogenated alkanes) is 2. The lowest BCUT2D eigenvalue weighted by atomic mass is 10.0. The zero-order valence-corrected chi connectivity index (χ0v) is 14.4. The maximum Gasteiger partial charge on any atom is 0.270 e. The topological polar surface area (TPSA) is 97.1 Å². The number of aryl methyl sites for hydroxylation is 1. The summed E-state index contributed by atoms with van der Waals surface area (Å²) >= 11 is 1.33. The van der Waals surface area contributed by atoms with E-state index in [1.54, 1.807) is 6.07 Å². The van der Waals surface area contributed by atoms with Crippen molar-refractivity contribution in [3.63, 3.8) is 0 Å². The fourth-order valence-electron chi connectivity index (χ4n) is 2.87. The highest BCUT2D eigenvalue weighted by Crippen LogP contribution is 2.38. The van der Waals surface area contributed by atoms with Crippen molar-refractivity contribution in [2.75, 3.05) is 6.61 Å². The second kappa shape index (κ2) is 7.51. The quantitative estimate of drug-likeness (QED) is 0.590. The minimum atomic E-state index is -0.570. The normalized spacial score (nSPS) is 10.9. The van der Waals surface area contributed by atoms with Crippen LogP contribution in [0.1, 0.15) is 30.4 Å². The summed E-state index contributed by atoms with van der Waals surface area (Å²) in [6, 6.07) is 9.83. The van der Waals surface area contributed by atoms with Crippen LogP contribution in [-0.2, 0) is 6.42 Å². The number of rotatable bonds is 6. The Hall–Kier alpha value is -2.62. The van der Waals surface area contributed by atoms with Crippen LogP contribution in [0.4, 0.5) is 0 Å². The van der Waals surface area contributed by atoms with E-state index < -0.39 is 5.56 Å². The Morgan fingerprint density at radius 3 is 2.60 bits per heavy atom. The lowest BCUT2D eigenvalue weighted by Gasteiger charge is -2.05. The SMILES string of the molecule is N#Cc1c(O)c2c(-c3ccc(CCCCCO)cc3)csc2[nH]c1=O. The first-order valence-electron chi connectivity index (χ1n) is 8.12. The molecule has 1 aromatic carbocycles. The first kappa shape index (κ1) is 17.2. The molecule has 0 spiro atoms. The summed E-state index contributed by atoms with van der Waals surface area (Å²) in [5.74, 6) is -0.259. The Labute approximate surface area is 148 Å². The number of thiophene rings is 1. The monoisotopic (exact) mass is 354 g/mol. The van der Waals surface area contributed by atoms with E-state index in [-0.39, 0.29) is 17.9 Å². The van der Waals surface area contributed by atoms with Gasteiger partial charge in [-0.3, -0.25) is 4.79 Å². The van der Waals surface area contributed by atoms with Crippen molar-refractivity contribution in [1.82, 2.24) is 4.98 Å². The van der Waals surface area contributed by atoms with Crippen LogP contribution in [0.5, 0.6) is 5.75 Å². The molecule has 25 heavy (non-hydrogen) atoms. The van der Waals surface area contributed by atoms with Crippen molar-refractivity contribution in [2.24, 2.45) is 0 Å². The molecule has 3 N–H and O–H groups in total. The molecule has 0 unspecified atom stereocenters. The Kier molecular flexibility index (Phi) is 5.17. The second-order valence-corrected chi connectivity index (χ2v) is 6.75. The van der Waals surface area contributed by atoms with Crippen molar-refractivity contribution in [1.29, 1.82) is 5.26 Å². The third-order valence-electron chi connectivity index (χ3n) is 4.22. The molecule has 128 valence electrons. The van der Waals surface area contributed by atoms with Crippen LogP contribution < -0.4 is 5.56 Å². The molecule has 2 heterocycles. The van der Waals surface area contributed by atoms with E-state index >= 15 is 0 Å². The van der Waals surface area contributed by atoms with Gasteiger partial charge in [-0.1, -0.05) is 30.7 Å². The molecule has 3 rings (SSSR count). The van der Waals surface area contributed by atoms with Crippen LogP contribution in [0.25, 0.3) is 21.3 Å². The summed E-state index contributed by atoms with van der Waals surface area (Å²) in [6.07, 6.45) is 3.83. The number of hydrogen-bond donors (Lipinski definition) is 3. The van der Waals surface area contributed by atoms with Gasteiger partial charge in [0, 0.05) is 17.6 Å². The number of benzene rings is 1. The molecule has 0 saturated heterocycles. The van der Waals surface area contributed by atoms with Crippen molar-refractivity contribution >= 4 is 21.6 Å². The average molecular weight is 354 g/mol. The summed E-state index contributed by atoms with van der Waals surface area (Å²) in [5.41, 5.74) is 2.12. The molecule has 3 aromatic rings. The van der Waals surface area contributed by atoms with E-state index in [1.165, 1.54) is 16.9 Å². The molecule has 0 atom stereocenters. The van der Waals surface area contributed by atoms with Gasteiger partial charge in [0.1, 0.15) is 16.6 Å². The molecule has 0 aliphatic rings. The number of aromatic amines is 1. The van der Waals surface area contributed by atoms with Crippen molar-refractivity contribution in [3.05, 3.63) is 51.1 Å². The summed E-state index contributed by atoms with van der Waals surface area (Å²) in [6.45, 7) is 0.237. The third kappa shape index (κ3) is 3.43. The van der Waals surface area contributed by atoms with Crippen LogP contribution in [0, 0.1) is 11.3 Å². The lowest BCUT2D eigenvalue weighted by Crippen LogP contribution is -2.09. The van der Waals surface area contributed by atoms with Crippen LogP contribution in [0.2, 0.25) is 0 Å². The Bertz CT molecular complexity index is 981. The molecule has 5 nitrogen and oxygen atoms in total. The van der Waals surface area contributed by atoms with E-state index in [0.29, 0.717) is 10.2 Å². The van der Waals surface area contributed by atoms with Crippen LogP contribution >= 0.6 is 11.3 Å². The third-order valence-corrected chi connectivity index (χ3v) is 5.11. The molecule has 0 radical (unpaired) electrons. The van der Waals surface area contributed by atoms with E-state index in [2.05, 4.69) is 4.98 Å². The number of pyridine rings is 1. The van der Waals surface area contributed by atoms with Gasteiger partial charge >= 0.3 is 0 Å². The highest BCUT2D eigenvalue weighted by molar-refractivity contribution is 7.17. The molecular weight excluding hydrogens is 336 g/mol. The highest BCUT2D eigenvalue weighted by atomic mass is 32.1. The molecule has 0 aliphatic carbocycles. The van der Waals surface area contributed by atoms with E-state index in [1.807, 2.05) is 29.6 Å². The maximum atomic E-state index is 11.8. The largest absolute Gasteiger partial charge is 0.506 e. The number of aliphatic hydroxyl groups is 1. The molecule has 0 bridgehead atoms. The van der Waals surface area contributed by atoms with Gasteiger partial charge in [-0.15, -0.1) is 11.3 Å². The fraction of sp³-hybridized carbons (Fsp3) is 0.263. The standard InChI is InChI=1S/C19H18N2O3S/c20-10-14-17(23)16-15(11-25-19(16)21-18(14)24)13-7-5-12(6-8-13)4-2-1-3-9-22/h5-8,11,22H,1-4,9H2,(H2,21,23,24). The molecular formula is C19H18N2O3S. The number of aliphatic hydroxyl groups excluding tert-OH is 1. The molecule has 0 amide bonds. The number of nitrogens with one attached hydrogen (secondary N) is 1. The minimum Gasteiger partial charge on any atom is -0.506 e. The van der Waals surface area contributed by atoms with Crippen molar-refractivity contribution in [2.45, 2.75) is 25.7 Å². The molecule has 0 saturated carbocycles. The van der Waals surface area contributed by atoms with Gasteiger partial charge < -0.3 is 15.2 Å². The first-order valence-corrected chi connectivity index (χ1v) is 9.00. The van der Waals surface area contributed by atoms with Crippen LogP contribution in [0.15, 0.2) is 34.4 Å². The Morgan fingerprint density at radius 1 is 1.16 bits per heavy atom. The van der Waals surface area contributed by atoms with Gasteiger partial charge in [-0.25, -0.2) is 0 Å². The first-order chi connectivity index (χ1) is 12.2. The second-order valence-electron chi connectivity index (χ2n) is 5.87. The van der Waals surface area contributed by atoms with Gasteiger partial charge in [0.2, 0.25) is 0 Å². The van der Waals surface area contributed by atoms with Gasteiger partial charge in [0.25, 0.3) is 5.56 Å². The molecule has 2 aromatic heterocycles. The Morgan fingerprint density at radius 2 is 1.92 bits per heavy atom. The lowest BCUT2D eigenvalue weighted by molar-refractivity contribution is 0.283. The predicted octanol–water partition coefficient (Wildman–Crippen LogP) is 3.54. The number of aromatic hydroxyl groups is 1. The zero-order chi connectivity index (χ0) is 17.8. The average Bonchev–Trinajstić information content (AvgIpc) is 3.03. The van der Waals surface area contributed by atoms with Gasteiger partial charge in [0.05, 0.1) is 5.39 Å². The van der Waals surface area contributed by atoms with Crippen molar-refractivity contribution < 1.29 is 10.2 Å². The maximum absolute atomic E-state index is 11.8. The van der Waals surface area contributed by atoms with Gasteiger partial charge in [-0.2, -0.15) is 5.26 Å². The fourth-order valence-corrected chi connectivity index (χ4v) is 3.83. The summed E-state index contributed by atoms with van der Waals surface area (Å²) in [4.78, 5) is 15.0. The summed E-state index contributed by atoms with van der Waals surface area (Å²) in [7, 11) is 0. The van der Waals surface area contributed by atoms with Crippen LogP contribution in [0.3, 0.4) is 0 Å². The van der Waals surface area contributed by atoms with E-state index in [4.69, 9.17) is 10.4 Å². The van der Waals surface area contributed by atoms with Crippen molar-refractivity contribution in [3.8, 4) is 22.9 Å². The number of nitriles is 1. The summed E-state index contributed by atoms with van der Waals surface area (Å²) in [5, 5.41) is 30.6. The summed E-state index contributed by atoms with van der Waals surface area (Å²) < 4.78 is 0.